The van der Waals surface area contributed by atoms with Gasteiger partial charge in [0.2, 0.25) is 5.91 Å². The number of para-hydroxylation sites is 1. The van der Waals surface area contributed by atoms with Gasteiger partial charge in [0.1, 0.15) is 0 Å². The molecule has 0 heterocycles. The Kier molecular flexibility index (Phi) is 6.45. The Morgan fingerprint density at radius 1 is 1.20 bits per heavy atom. The number of rotatable bonds is 7. The van der Waals surface area contributed by atoms with Crippen LogP contribution in [0.3, 0.4) is 0 Å². The van der Waals surface area contributed by atoms with E-state index in [0.29, 0.717) is 12.0 Å². The highest BCUT2D eigenvalue weighted by molar-refractivity contribution is 5.92. The predicted octanol–water partition coefficient (Wildman–Crippen LogP) is 3.75. The molecule has 0 radical (unpaired) electrons. The van der Waals surface area contributed by atoms with E-state index in [4.69, 9.17) is 0 Å². The molecule has 1 aliphatic rings. The van der Waals surface area contributed by atoms with Crippen LogP contribution in [0.5, 0.6) is 0 Å². The molecular formula is C20H31N3O2. The number of urea groups is 1. The lowest BCUT2D eigenvalue weighted by Crippen LogP contribution is -2.46. The first-order valence-electron chi connectivity index (χ1n) is 9.22. The Hall–Kier alpha value is -2.04. The highest BCUT2D eigenvalue weighted by Crippen LogP contribution is 2.32. The van der Waals surface area contributed by atoms with Gasteiger partial charge in [-0.25, -0.2) is 4.79 Å². The molecule has 1 N–H and O–H groups in total. The van der Waals surface area contributed by atoms with Crippen molar-refractivity contribution < 1.29 is 9.59 Å². The highest BCUT2D eigenvalue weighted by atomic mass is 16.2. The SMILES string of the molecule is CC[C@H](C)[C@@H](C)N(C(=O)Nc1ccccc1CC(=O)N(C)C)C1CC1. The summed E-state index contributed by atoms with van der Waals surface area (Å²) < 4.78 is 0. The maximum atomic E-state index is 12.9. The normalized spacial score (nSPS) is 16.0. The highest BCUT2D eigenvalue weighted by Gasteiger charge is 2.37. The average molecular weight is 345 g/mol. The van der Waals surface area contributed by atoms with Gasteiger partial charge in [-0.05, 0) is 37.3 Å². The third-order valence-electron chi connectivity index (χ3n) is 5.18. The number of hydrogen-bond donors (Lipinski definition) is 1. The molecular weight excluding hydrogens is 314 g/mol. The summed E-state index contributed by atoms with van der Waals surface area (Å²) in [6.07, 6.45) is 3.49. The van der Waals surface area contributed by atoms with Gasteiger partial charge in [0.25, 0.3) is 0 Å². The van der Waals surface area contributed by atoms with E-state index in [2.05, 4.69) is 26.1 Å². The van der Waals surface area contributed by atoms with Crippen molar-refractivity contribution >= 4 is 17.6 Å². The zero-order chi connectivity index (χ0) is 18.6. The molecule has 1 aromatic carbocycles. The van der Waals surface area contributed by atoms with Crippen LogP contribution in [-0.4, -0.2) is 47.9 Å². The minimum Gasteiger partial charge on any atom is -0.349 e. The van der Waals surface area contributed by atoms with E-state index in [1.165, 1.54) is 0 Å². The lowest BCUT2D eigenvalue weighted by Gasteiger charge is -2.33. The summed E-state index contributed by atoms with van der Waals surface area (Å²) in [6, 6.07) is 8.05. The maximum Gasteiger partial charge on any atom is 0.322 e. The number of nitrogens with one attached hydrogen (secondary N) is 1. The van der Waals surface area contributed by atoms with Crippen molar-refractivity contribution in [2.45, 2.75) is 58.5 Å². The van der Waals surface area contributed by atoms with Gasteiger partial charge in [-0.15, -0.1) is 0 Å². The van der Waals surface area contributed by atoms with Crippen LogP contribution < -0.4 is 5.32 Å². The number of amides is 3. The van der Waals surface area contributed by atoms with Gasteiger partial charge in [0.15, 0.2) is 0 Å². The van der Waals surface area contributed by atoms with E-state index >= 15 is 0 Å². The summed E-state index contributed by atoms with van der Waals surface area (Å²) in [5.41, 5.74) is 1.58. The lowest BCUT2D eigenvalue weighted by atomic mass is 9.99. The summed E-state index contributed by atoms with van der Waals surface area (Å²) in [5.74, 6) is 0.477. The molecule has 3 amide bonds. The Labute approximate surface area is 151 Å². The Balaban J connectivity index is 2.14. The van der Waals surface area contributed by atoms with Crippen LogP contribution >= 0.6 is 0 Å². The number of nitrogens with zero attached hydrogens (tertiary/aromatic N) is 2. The fourth-order valence-corrected chi connectivity index (χ4v) is 2.95. The van der Waals surface area contributed by atoms with Crippen LogP contribution in [0.4, 0.5) is 10.5 Å². The van der Waals surface area contributed by atoms with Crippen LogP contribution in [-0.2, 0) is 11.2 Å². The zero-order valence-corrected chi connectivity index (χ0v) is 16.1. The van der Waals surface area contributed by atoms with E-state index < -0.39 is 0 Å². The van der Waals surface area contributed by atoms with Gasteiger partial charge in [-0.2, -0.15) is 0 Å². The van der Waals surface area contributed by atoms with E-state index in [1.807, 2.05) is 29.2 Å². The van der Waals surface area contributed by atoms with Crippen molar-refractivity contribution in [1.82, 2.24) is 9.80 Å². The molecule has 0 aliphatic heterocycles. The fraction of sp³-hybridized carbons (Fsp3) is 0.600. The molecule has 1 aliphatic carbocycles. The van der Waals surface area contributed by atoms with Crippen LogP contribution in [0.1, 0.15) is 45.6 Å². The number of benzene rings is 1. The summed E-state index contributed by atoms with van der Waals surface area (Å²) >= 11 is 0. The summed E-state index contributed by atoms with van der Waals surface area (Å²) in [4.78, 5) is 28.6. The Bertz CT molecular complexity index is 611. The van der Waals surface area contributed by atoms with Gasteiger partial charge in [0.05, 0.1) is 6.42 Å². The molecule has 1 aromatic rings. The number of likely N-dealkylation sites (N-methyl/N-ethyl adjacent to an activating group) is 1. The number of anilines is 1. The van der Waals surface area contributed by atoms with Gasteiger partial charge < -0.3 is 15.1 Å². The molecule has 0 spiro atoms. The zero-order valence-electron chi connectivity index (χ0n) is 16.1. The standard InChI is InChI=1S/C20H31N3O2/c1-6-14(2)15(3)23(17-11-12-17)20(25)21-18-10-8-7-9-16(18)13-19(24)22(4)5/h7-10,14-15,17H,6,11-13H2,1-5H3,(H,21,25)/t14-,15+/m0/s1. The third-order valence-corrected chi connectivity index (χ3v) is 5.18. The van der Waals surface area contributed by atoms with Crippen LogP contribution in [0.25, 0.3) is 0 Å². The Morgan fingerprint density at radius 2 is 1.84 bits per heavy atom. The molecule has 1 saturated carbocycles. The van der Waals surface area contributed by atoms with Crippen LogP contribution in [0.15, 0.2) is 24.3 Å². The fourth-order valence-electron chi connectivity index (χ4n) is 2.95. The molecule has 1 fully saturated rings. The largest absolute Gasteiger partial charge is 0.349 e. The summed E-state index contributed by atoms with van der Waals surface area (Å²) in [5, 5.41) is 3.05. The minimum atomic E-state index is -0.0555. The predicted molar refractivity (Wildman–Crippen MR) is 102 cm³/mol. The molecule has 2 atom stereocenters. The summed E-state index contributed by atoms with van der Waals surface area (Å²) in [7, 11) is 3.48. The first-order chi connectivity index (χ1) is 11.8. The molecule has 0 bridgehead atoms. The van der Waals surface area contributed by atoms with Crippen molar-refractivity contribution in [3.63, 3.8) is 0 Å². The van der Waals surface area contributed by atoms with Gasteiger partial charge in [0, 0.05) is 31.9 Å². The monoisotopic (exact) mass is 345 g/mol. The molecule has 0 aromatic heterocycles. The molecule has 0 unspecified atom stereocenters. The van der Waals surface area contributed by atoms with E-state index in [1.54, 1.807) is 19.0 Å². The average Bonchev–Trinajstić information content (AvgIpc) is 3.40. The van der Waals surface area contributed by atoms with E-state index in [9.17, 15) is 9.59 Å². The maximum absolute atomic E-state index is 12.9. The second kappa shape index (κ2) is 8.37. The second-order valence-corrected chi connectivity index (χ2v) is 7.32. The van der Waals surface area contributed by atoms with Crippen molar-refractivity contribution in [2.75, 3.05) is 19.4 Å². The summed E-state index contributed by atoms with van der Waals surface area (Å²) in [6.45, 7) is 6.48. The quantitative estimate of drug-likeness (QED) is 0.818. The van der Waals surface area contributed by atoms with Crippen molar-refractivity contribution in [1.29, 1.82) is 0 Å². The first kappa shape index (κ1) is 19.3. The molecule has 2 rings (SSSR count). The van der Waals surface area contributed by atoms with Crippen molar-refractivity contribution in [3.05, 3.63) is 29.8 Å². The Morgan fingerprint density at radius 3 is 2.40 bits per heavy atom. The molecule has 25 heavy (non-hydrogen) atoms. The van der Waals surface area contributed by atoms with E-state index in [-0.39, 0.29) is 24.4 Å². The van der Waals surface area contributed by atoms with Gasteiger partial charge in [-0.1, -0.05) is 38.5 Å². The number of hydrogen-bond acceptors (Lipinski definition) is 2. The van der Waals surface area contributed by atoms with Gasteiger partial charge >= 0.3 is 6.03 Å². The number of carbonyl (C=O) groups excluding carboxylic acids is 2. The minimum absolute atomic E-state index is 0.0220. The van der Waals surface area contributed by atoms with E-state index in [0.717, 1.165) is 30.5 Å². The van der Waals surface area contributed by atoms with Crippen LogP contribution in [0, 0.1) is 5.92 Å². The smallest absolute Gasteiger partial charge is 0.322 e. The second-order valence-electron chi connectivity index (χ2n) is 7.32. The topological polar surface area (TPSA) is 52.7 Å². The molecule has 5 heteroatoms. The molecule has 5 nitrogen and oxygen atoms in total. The third kappa shape index (κ3) is 4.97. The molecule has 0 saturated heterocycles. The van der Waals surface area contributed by atoms with Crippen molar-refractivity contribution in [3.8, 4) is 0 Å². The van der Waals surface area contributed by atoms with Crippen LogP contribution in [0.2, 0.25) is 0 Å². The van der Waals surface area contributed by atoms with Gasteiger partial charge in [-0.3, -0.25) is 4.79 Å². The number of carbonyl (C=O) groups is 2. The first-order valence-corrected chi connectivity index (χ1v) is 9.22. The van der Waals surface area contributed by atoms with Crippen molar-refractivity contribution in [2.24, 2.45) is 5.92 Å². The molecule has 138 valence electrons. The lowest BCUT2D eigenvalue weighted by molar-refractivity contribution is -0.127.